The molecule has 0 saturated heterocycles. The van der Waals surface area contributed by atoms with Gasteiger partial charge in [-0.2, -0.15) is 4.37 Å². The van der Waals surface area contributed by atoms with Crippen LogP contribution in [-0.2, 0) is 0 Å². The molecule has 0 aliphatic heterocycles. The van der Waals surface area contributed by atoms with E-state index in [0.717, 1.165) is 5.69 Å². The van der Waals surface area contributed by atoms with Crippen LogP contribution < -0.4 is 0 Å². The Balaban J connectivity index is 2.10. The Morgan fingerprint density at radius 2 is 1.52 bits per heavy atom. The highest BCUT2D eigenvalue weighted by atomic mass is 32.1. The second-order valence-corrected chi connectivity index (χ2v) is 5.63. The van der Waals surface area contributed by atoms with Crippen LogP contribution in [-0.4, -0.2) is 4.37 Å². The molecule has 0 amide bonds. The van der Waals surface area contributed by atoms with Gasteiger partial charge in [0, 0.05) is 10.9 Å². The number of hydrogen-bond donors (Lipinski definition) is 0. The van der Waals surface area contributed by atoms with Crippen LogP contribution in [0.2, 0.25) is 0 Å². The fraction of sp³-hybridized carbons (Fsp3) is 0. The monoisotopic (exact) mass is 287 g/mol. The van der Waals surface area contributed by atoms with E-state index < -0.39 is 0 Å². The van der Waals surface area contributed by atoms with Gasteiger partial charge in [-0.1, -0.05) is 66.7 Å². The molecule has 4 aromatic rings. The van der Waals surface area contributed by atoms with E-state index >= 15 is 0 Å². The van der Waals surface area contributed by atoms with Crippen LogP contribution >= 0.6 is 11.5 Å². The summed E-state index contributed by atoms with van der Waals surface area (Å²) < 4.78 is 4.56. The van der Waals surface area contributed by atoms with E-state index in [4.69, 9.17) is 0 Å². The lowest BCUT2D eigenvalue weighted by Crippen LogP contribution is -1.87. The molecule has 100 valence electrons. The number of benzene rings is 3. The van der Waals surface area contributed by atoms with Gasteiger partial charge < -0.3 is 0 Å². The summed E-state index contributed by atoms with van der Waals surface area (Å²) >= 11 is 1.50. The molecule has 1 aromatic heterocycles. The lowest BCUT2D eigenvalue weighted by atomic mass is 9.92. The van der Waals surface area contributed by atoms with E-state index in [1.807, 2.05) is 11.4 Å². The Morgan fingerprint density at radius 3 is 2.33 bits per heavy atom. The molecule has 3 aromatic carbocycles. The minimum Gasteiger partial charge on any atom is -0.193 e. The van der Waals surface area contributed by atoms with Gasteiger partial charge >= 0.3 is 0 Å². The van der Waals surface area contributed by atoms with Crippen molar-refractivity contribution in [2.45, 2.75) is 0 Å². The molecule has 0 saturated carbocycles. The molecule has 21 heavy (non-hydrogen) atoms. The van der Waals surface area contributed by atoms with Gasteiger partial charge in [0.1, 0.15) is 0 Å². The van der Waals surface area contributed by atoms with Crippen molar-refractivity contribution in [2.75, 3.05) is 0 Å². The Bertz CT molecular complexity index is 880. The zero-order valence-electron chi connectivity index (χ0n) is 11.4. The molecule has 2 heteroatoms. The van der Waals surface area contributed by atoms with Crippen LogP contribution in [0.25, 0.3) is 33.2 Å². The summed E-state index contributed by atoms with van der Waals surface area (Å²) in [5.74, 6) is 0. The van der Waals surface area contributed by atoms with Gasteiger partial charge in [-0.25, -0.2) is 0 Å². The second-order valence-electron chi connectivity index (χ2n) is 4.96. The third kappa shape index (κ3) is 2.14. The van der Waals surface area contributed by atoms with Gasteiger partial charge in [-0.05, 0) is 39.5 Å². The fourth-order valence-corrected chi connectivity index (χ4v) is 3.26. The van der Waals surface area contributed by atoms with Crippen molar-refractivity contribution in [2.24, 2.45) is 0 Å². The van der Waals surface area contributed by atoms with Crippen molar-refractivity contribution in [3.8, 4) is 22.4 Å². The van der Waals surface area contributed by atoms with Crippen LogP contribution in [0.5, 0.6) is 0 Å². The fourth-order valence-electron chi connectivity index (χ4n) is 2.75. The normalized spacial score (nSPS) is 10.9. The van der Waals surface area contributed by atoms with Gasteiger partial charge in [0.05, 0.1) is 5.69 Å². The molecule has 0 radical (unpaired) electrons. The summed E-state index contributed by atoms with van der Waals surface area (Å²) in [6.07, 6.45) is 0. The highest BCUT2D eigenvalue weighted by molar-refractivity contribution is 7.03. The lowest BCUT2D eigenvalue weighted by Gasteiger charge is -2.12. The third-order valence-electron chi connectivity index (χ3n) is 3.71. The van der Waals surface area contributed by atoms with E-state index in [-0.39, 0.29) is 0 Å². The quantitative estimate of drug-likeness (QED) is 0.465. The summed E-state index contributed by atoms with van der Waals surface area (Å²) in [5, 5.41) is 4.54. The number of aromatic nitrogens is 1. The van der Waals surface area contributed by atoms with E-state index in [1.54, 1.807) is 0 Å². The largest absolute Gasteiger partial charge is 0.193 e. The van der Waals surface area contributed by atoms with Crippen molar-refractivity contribution in [3.63, 3.8) is 0 Å². The van der Waals surface area contributed by atoms with Crippen molar-refractivity contribution in [1.82, 2.24) is 4.37 Å². The summed E-state index contributed by atoms with van der Waals surface area (Å²) in [6.45, 7) is 0. The van der Waals surface area contributed by atoms with Gasteiger partial charge in [0.15, 0.2) is 0 Å². The average Bonchev–Trinajstić information content (AvgIpc) is 3.08. The first-order chi connectivity index (χ1) is 10.4. The maximum atomic E-state index is 4.56. The van der Waals surface area contributed by atoms with Gasteiger partial charge in [-0.15, -0.1) is 0 Å². The number of nitrogens with zero attached hydrogens (tertiary/aromatic N) is 1. The molecule has 4 rings (SSSR count). The zero-order chi connectivity index (χ0) is 14.1. The summed E-state index contributed by atoms with van der Waals surface area (Å²) in [5.41, 5.74) is 4.74. The minimum absolute atomic E-state index is 1.05. The van der Waals surface area contributed by atoms with Crippen LogP contribution in [0.4, 0.5) is 0 Å². The second kappa shape index (κ2) is 5.15. The predicted molar refractivity (Wildman–Crippen MR) is 90.5 cm³/mol. The summed E-state index contributed by atoms with van der Waals surface area (Å²) in [4.78, 5) is 0. The SMILES string of the molecule is c1ccc(-c2ccc3ccccc3c2-c2ccsn2)cc1. The Kier molecular flexibility index (Phi) is 3.02. The molecule has 0 spiro atoms. The zero-order valence-corrected chi connectivity index (χ0v) is 12.2. The number of rotatable bonds is 2. The molecule has 0 unspecified atom stereocenters. The van der Waals surface area contributed by atoms with Crippen molar-refractivity contribution >= 4 is 22.3 Å². The molecular formula is C19H13NS. The van der Waals surface area contributed by atoms with Crippen molar-refractivity contribution < 1.29 is 0 Å². The van der Waals surface area contributed by atoms with Crippen molar-refractivity contribution in [1.29, 1.82) is 0 Å². The minimum atomic E-state index is 1.05. The average molecular weight is 287 g/mol. The van der Waals surface area contributed by atoms with Crippen molar-refractivity contribution in [3.05, 3.63) is 78.2 Å². The highest BCUT2D eigenvalue weighted by Gasteiger charge is 2.12. The molecule has 1 nitrogen and oxygen atoms in total. The summed E-state index contributed by atoms with van der Waals surface area (Å²) in [7, 11) is 0. The molecular weight excluding hydrogens is 274 g/mol. The molecule has 1 heterocycles. The first-order valence-corrected chi connectivity index (χ1v) is 7.75. The van der Waals surface area contributed by atoms with Crippen LogP contribution in [0, 0.1) is 0 Å². The molecule has 0 bridgehead atoms. The predicted octanol–water partition coefficient (Wildman–Crippen LogP) is 5.63. The summed E-state index contributed by atoms with van der Waals surface area (Å²) in [6, 6.07) is 25.5. The van der Waals surface area contributed by atoms with Gasteiger partial charge in [0.25, 0.3) is 0 Å². The van der Waals surface area contributed by atoms with E-state index in [1.165, 1.54) is 39.0 Å². The molecule has 0 N–H and O–H groups in total. The standard InChI is InChI=1S/C19H13NS/c1-2-6-14(7-3-1)17-11-10-15-8-4-5-9-16(15)19(17)18-12-13-21-20-18/h1-13H. The smallest absolute Gasteiger partial charge is 0.0853 e. The van der Waals surface area contributed by atoms with E-state index in [2.05, 4.69) is 71.1 Å². The van der Waals surface area contributed by atoms with Crippen LogP contribution in [0.1, 0.15) is 0 Å². The molecule has 0 aliphatic rings. The van der Waals surface area contributed by atoms with E-state index in [0.29, 0.717) is 0 Å². The third-order valence-corrected chi connectivity index (χ3v) is 4.27. The first kappa shape index (κ1) is 12.3. The highest BCUT2D eigenvalue weighted by Crippen LogP contribution is 2.37. The molecule has 0 fully saturated rings. The Morgan fingerprint density at radius 1 is 0.714 bits per heavy atom. The maximum absolute atomic E-state index is 4.56. The number of hydrogen-bond acceptors (Lipinski definition) is 2. The topological polar surface area (TPSA) is 12.9 Å². The number of fused-ring (bicyclic) bond motifs is 1. The van der Waals surface area contributed by atoms with Gasteiger partial charge in [-0.3, -0.25) is 0 Å². The Hall–Kier alpha value is -2.45. The Labute approximate surface area is 127 Å². The maximum Gasteiger partial charge on any atom is 0.0853 e. The van der Waals surface area contributed by atoms with E-state index in [9.17, 15) is 0 Å². The first-order valence-electron chi connectivity index (χ1n) is 6.91. The molecule has 0 aliphatic carbocycles. The van der Waals surface area contributed by atoms with Gasteiger partial charge in [0.2, 0.25) is 0 Å². The molecule has 0 atom stereocenters. The lowest BCUT2D eigenvalue weighted by molar-refractivity contribution is 1.53. The van der Waals surface area contributed by atoms with Crippen LogP contribution in [0.3, 0.4) is 0 Å². The van der Waals surface area contributed by atoms with Crippen LogP contribution in [0.15, 0.2) is 78.2 Å².